The fourth-order valence-electron chi connectivity index (χ4n) is 7.56. The van der Waals surface area contributed by atoms with E-state index in [4.69, 9.17) is 9.15 Å². The quantitative estimate of drug-likeness (QED) is 0.560. The highest BCUT2D eigenvalue weighted by Crippen LogP contribution is 2.60. The summed E-state index contributed by atoms with van der Waals surface area (Å²) in [7, 11) is 0. The second kappa shape index (κ2) is 9.90. The van der Waals surface area contributed by atoms with Crippen LogP contribution >= 0.6 is 0 Å². The van der Waals surface area contributed by atoms with Gasteiger partial charge in [-0.25, -0.2) is 0 Å². The Hall–Kier alpha value is -2.52. The molecule has 0 unspecified atom stereocenters. The SMILES string of the molecule is CC(C)[C@H]1C[C@@H]2C(=O)N(C3CCN(Cc4ccccc4)CC3)C(=O)[C@@H]2[C@@H]2C[C@@H](c3ccc(CO)o3)O[C@]12O. The molecule has 3 aliphatic heterocycles. The summed E-state index contributed by atoms with van der Waals surface area (Å²) in [5.74, 6) is -2.43. The van der Waals surface area contributed by atoms with Crippen molar-refractivity contribution in [2.75, 3.05) is 13.1 Å². The molecule has 2 amide bonds. The molecular weight excluding hydrogens is 484 g/mol. The number of fused-ring (bicyclic) bond motifs is 3. The molecule has 0 spiro atoms. The monoisotopic (exact) mass is 522 g/mol. The summed E-state index contributed by atoms with van der Waals surface area (Å²) in [6.07, 6.45) is 1.85. The Morgan fingerprint density at radius 3 is 2.42 bits per heavy atom. The molecule has 1 aliphatic carbocycles. The number of furan rings is 1. The lowest BCUT2D eigenvalue weighted by molar-refractivity contribution is -0.278. The Labute approximate surface area is 223 Å². The Morgan fingerprint density at radius 2 is 1.76 bits per heavy atom. The summed E-state index contributed by atoms with van der Waals surface area (Å²) < 4.78 is 12.0. The summed E-state index contributed by atoms with van der Waals surface area (Å²) in [6, 6.07) is 13.7. The molecule has 0 bridgehead atoms. The fraction of sp³-hybridized carbons (Fsp3) is 0.600. The topological polar surface area (TPSA) is 103 Å². The second-order valence-corrected chi connectivity index (χ2v) is 11.9. The zero-order valence-corrected chi connectivity index (χ0v) is 22.2. The van der Waals surface area contributed by atoms with E-state index in [0.717, 1.165) is 32.5 Å². The van der Waals surface area contributed by atoms with Crippen molar-refractivity contribution in [2.24, 2.45) is 29.6 Å². The van der Waals surface area contributed by atoms with Crippen LogP contribution in [0.15, 0.2) is 46.9 Å². The van der Waals surface area contributed by atoms with Crippen molar-refractivity contribution in [1.29, 1.82) is 0 Å². The molecule has 6 rings (SSSR count). The minimum atomic E-state index is -1.50. The number of hydrogen-bond acceptors (Lipinski definition) is 7. The number of nitrogens with zero attached hydrogens (tertiary/aromatic N) is 2. The van der Waals surface area contributed by atoms with Crippen LogP contribution in [0.2, 0.25) is 0 Å². The molecule has 0 radical (unpaired) electrons. The van der Waals surface area contributed by atoms with E-state index in [9.17, 15) is 19.8 Å². The van der Waals surface area contributed by atoms with Crippen molar-refractivity contribution in [3.05, 3.63) is 59.5 Å². The number of benzene rings is 1. The lowest BCUT2D eigenvalue weighted by atomic mass is 9.62. The molecular formula is C30H38N2O6. The van der Waals surface area contributed by atoms with Gasteiger partial charge in [-0.2, -0.15) is 0 Å². The van der Waals surface area contributed by atoms with Crippen molar-refractivity contribution < 1.29 is 29.0 Å². The predicted molar refractivity (Wildman–Crippen MR) is 138 cm³/mol. The van der Waals surface area contributed by atoms with Gasteiger partial charge >= 0.3 is 0 Å². The smallest absolute Gasteiger partial charge is 0.233 e. The van der Waals surface area contributed by atoms with Crippen LogP contribution in [-0.4, -0.2) is 56.7 Å². The lowest BCUT2D eigenvalue weighted by Gasteiger charge is -2.46. The average molecular weight is 523 g/mol. The van der Waals surface area contributed by atoms with E-state index in [1.807, 2.05) is 32.0 Å². The standard InChI is InChI=1S/C30H38N2O6/c1-18(2)23-14-22-27(24-15-26(38-30(23,24)36)25-9-8-21(17-33)37-25)29(35)32(28(22)34)20-10-12-31(13-11-20)16-19-6-4-3-5-7-19/h3-9,18,20,22-24,26-27,33,36H,10-17H2,1-2H3/t22-,23+,24-,26-,27-,30+/m0/s1. The number of amides is 2. The highest BCUT2D eigenvalue weighted by molar-refractivity contribution is 6.05. The maximum atomic E-state index is 13.9. The normalized spacial score (nSPS) is 34.2. The van der Waals surface area contributed by atoms with Gasteiger partial charge in [-0.1, -0.05) is 44.2 Å². The number of carbonyl (C=O) groups is 2. The first-order valence-electron chi connectivity index (χ1n) is 14.0. The van der Waals surface area contributed by atoms with E-state index in [-0.39, 0.29) is 36.3 Å². The van der Waals surface area contributed by atoms with Gasteiger partial charge in [0.1, 0.15) is 24.2 Å². The first-order valence-corrected chi connectivity index (χ1v) is 14.0. The molecule has 38 heavy (non-hydrogen) atoms. The van der Waals surface area contributed by atoms with Crippen LogP contribution in [0.5, 0.6) is 0 Å². The van der Waals surface area contributed by atoms with Gasteiger partial charge in [0, 0.05) is 37.5 Å². The van der Waals surface area contributed by atoms with Crippen LogP contribution in [0, 0.1) is 29.6 Å². The number of imide groups is 1. The fourth-order valence-corrected chi connectivity index (χ4v) is 7.56. The van der Waals surface area contributed by atoms with Gasteiger partial charge < -0.3 is 19.4 Å². The minimum Gasteiger partial charge on any atom is -0.461 e. The van der Waals surface area contributed by atoms with Gasteiger partial charge in [-0.15, -0.1) is 0 Å². The zero-order chi connectivity index (χ0) is 26.6. The molecule has 1 aromatic carbocycles. The largest absolute Gasteiger partial charge is 0.461 e. The number of aliphatic hydroxyl groups is 2. The van der Waals surface area contributed by atoms with E-state index >= 15 is 0 Å². The summed E-state index contributed by atoms with van der Waals surface area (Å²) in [5.41, 5.74) is 1.27. The van der Waals surface area contributed by atoms with E-state index in [2.05, 4.69) is 17.0 Å². The summed E-state index contributed by atoms with van der Waals surface area (Å²) in [6.45, 7) is 6.40. The van der Waals surface area contributed by atoms with Crippen LogP contribution in [0.4, 0.5) is 0 Å². The predicted octanol–water partition coefficient (Wildman–Crippen LogP) is 3.48. The number of rotatable bonds is 6. The van der Waals surface area contributed by atoms with E-state index in [0.29, 0.717) is 24.4 Å². The van der Waals surface area contributed by atoms with E-state index in [1.54, 1.807) is 17.0 Å². The van der Waals surface area contributed by atoms with Crippen molar-refractivity contribution in [3.8, 4) is 0 Å². The molecule has 8 heteroatoms. The Balaban J connectivity index is 1.21. The molecule has 4 fully saturated rings. The van der Waals surface area contributed by atoms with Crippen molar-refractivity contribution >= 4 is 11.8 Å². The molecule has 2 N–H and O–H groups in total. The summed E-state index contributed by atoms with van der Waals surface area (Å²) >= 11 is 0. The third kappa shape index (κ3) is 4.22. The van der Waals surface area contributed by atoms with Crippen LogP contribution in [0.3, 0.4) is 0 Å². The van der Waals surface area contributed by atoms with Gasteiger partial charge in [-0.05, 0) is 49.3 Å². The summed E-state index contributed by atoms with van der Waals surface area (Å²) in [4.78, 5) is 31.7. The van der Waals surface area contributed by atoms with Gasteiger partial charge in [-0.3, -0.25) is 19.4 Å². The van der Waals surface area contributed by atoms with Crippen molar-refractivity contribution in [3.63, 3.8) is 0 Å². The third-order valence-corrected chi connectivity index (χ3v) is 9.45. The number of likely N-dealkylation sites (tertiary alicyclic amines) is 2. The van der Waals surface area contributed by atoms with E-state index < -0.39 is 29.6 Å². The maximum Gasteiger partial charge on any atom is 0.233 e. The van der Waals surface area contributed by atoms with E-state index in [1.165, 1.54) is 5.56 Å². The van der Waals surface area contributed by atoms with Crippen molar-refractivity contribution in [1.82, 2.24) is 9.80 Å². The van der Waals surface area contributed by atoms with Crippen LogP contribution in [0.1, 0.15) is 62.7 Å². The molecule has 1 saturated carbocycles. The second-order valence-electron chi connectivity index (χ2n) is 11.9. The molecule has 2 aromatic rings. The summed E-state index contributed by atoms with van der Waals surface area (Å²) in [5, 5.41) is 21.4. The molecule has 4 aliphatic rings. The molecule has 6 atom stereocenters. The van der Waals surface area contributed by atoms with Crippen LogP contribution in [0.25, 0.3) is 0 Å². The Kier molecular flexibility index (Phi) is 6.71. The molecule has 1 aromatic heterocycles. The number of ether oxygens (including phenoxy) is 1. The maximum absolute atomic E-state index is 13.9. The number of carbonyl (C=O) groups excluding carboxylic acids is 2. The van der Waals surface area contributed by atoms with Gasteiger partial charge in [0.25, 0.3) is 0 Å². The number of aliphatic hydroxyl groups excluding tert-OH is 1. The zero-order valence-electron chi connectivity index (χ0n) is 22.2. The number of hydrogen-bond donors (Lipinski definition) is 2. The highest BCUT2D eigenvalue weighted by atomic mass is 16.6. The molecule has 4 heterocycles. The molecule has 8 nitrogen and oxygen atoms in total. The van der Waals surface area contributed by atoms with Gasteiger partial charge in [0.15, 0.2) is 5.79 Å². The van der Waals surface area contributed by atoms with Crippen LogP contribution in [-0.2, 0) is 27.5 Å². The third-order valence-electron chi connectivity index (χ3n) is 9.45. The Morgan fingerprint density at radius 1 is 1.03 bits per heavy atom. The van der Waals surface area contributed by atoms with Crippen LogP contribution < -0.4 is 0 Å². The van der Waals surface area contributed by atoms with Gasteiger partial charge in [0.2, 0.25) is 11.8 Å². The lowest BCUT2D eigenvalue weighted by Crippen LogP contribution is -2.55. The first kappa shape index (κ1) is 25.7. The molecule has 204 valence electrons. The molecule has 3 saturated heterocycles. The minimum absolute atomic E-state index is 0.0711. The first-order chi connectivity index (χ1) is 18.3. The highest BCUT2D eigenvalue weighted by Gasteiger charge is 2.67. The van der Waals surface area contributed by atoms with Crippen molar-refractivity contribution in [2.45, 2.75) is 70.6 Å². The average Bonchev–Trinajstić information content (AvgIpc) is 3.59. The van der Waals surface area contributed by atoms with Gasteiger partial charge in [0.05, 0.1) is 11.8 Å². The number of piperidine rings is 1. The Bertz CT molecular complexity index is 1170.